The van der Waals surface area contributed by atoms with Crippen LogP contribution in [0.3, 0.4) is 0 Å². The van der Waals surface area contributed by atoms with Gasteiger partial charge in [-0.1, -0.05) is 13.8 Å². The molecule has 24 heavy (non-hydrogen) atoms. The Kier molecular flexibility index (Phi) is 5.27. The fraction of sp³-hybridized carbons (Fsp3) is 0.591. The van der Waals surface area contributed by atoms with Gasteiger partial charge >= 0.3 is 0 Å². The van der Waals surface area contributed by atoms with Crippen LogP contribution in [0.4, 0.5) is 0 Å². The van der Waals surface area contributed by atoms with Crippen LogP contribution in [0.25, 0.3) is 11.1 Å². The van der Waals surface area contributed by atoms with Crippen molar-refractivity contribution in [1.29, 1.82) is 0 Å². The Balaban J connectivity index is 2.88. The summed E-state index contributed by atoms with van der Waals surface area (Å²) in [6.45, 7) is 22.5. The van der Waals surface area contributed by atoms with Crippen molar-refractivity contribution in [2.45, 2.75) is 81.7 Å². The number of aryl methyl sites for hydroxylation is 1. The van der Waals surface area contributed by atoms with E-state index >= 15 is 0 Å². The number of benzene rings is 1. The van der Waals surface area contributed by atoms with Crippen LogP contribution in [0.1, 0.15) is 72.9 Å². The Bertz CT molecular complexity index is 732. The van der Waals surface area contributed by atoms with Crippen LogP contribution < -0.4 is 0 Å². The van der Waals surface area contributed by atoms with Gasteiger partial charge < -0.3 is 0 Å². The Morgan fingerprint density at radius 1 is 0.708 bits per heavy atom. The summed E-state index contributed by atoms with van der Waals surface area (Å²) in [7, 11) is 0. The van der Waals surface area contributed by atoms with Crippen molar-refractivity contribution < 1.29 is 0 Å². The summed E-state index contributed by atoms with van der Waals surface area (Å²) in [6, 6.07) is 0.388. The van der Waals surface area contributed by atoms with Crippen molar-refractivity contribution in [2.75, 3.05) is 0 Å². The Morgan fingerprint density at radius 3 is 1.58 bits per heavy atom. The number of nitrogens with zero attached hydrogens (tertiary/aromatic N) is 2. The average Bonchev–Trinajstić information content (AvgIpc) is 2.80. The van der Waals surface area contributed by atoms with E-state index in [4.69, 9.17) is 5.10 Å². The molecule has 0 N–H and O–H groups in total. The highest BCUT2D eigenvalue weighted by molar-refractivity contribution is 5.78. The predicted octanol–water partition coefficient (Wildman–Crippen LogP) is 6.18. The van der Waals surface area contributed by atoms with Crippen LogP contribution in [0, 0.1) is 47.5 Å². The van der Waals surface area contributed by atoms with Gasteiger partial charge in [-0.2, -0.15) is 5.10 Å². The summed E-state index contributed by atoms with van der Waals surface area (Å²) < 4.78 is 2.24. The smallest absolute Gasteiger partial charge is 0.0675 e. The predicted molar refractivity (Wildman–Crippen MR) is 105 cm³/mol. The van der Waals surface area contributed by atoms with Crippen LogP contribution in [-0.4, -0.2) is 9.78 Å². The first-order valence-corrected chi connectivity index (χ1v) is 9.23. The monoisotopic (exact) mass is 326 g/mol. The Hall–Kier alpha value is -1.57. The average molecular weight is 327 g/mol. The molecule has 0 fully saturated rings. The second-order valence-electron chi connectivity index (χ2n) is 8.04. The molecule has 0 bridgehead atoms. The zero-order chi connectivity index (χ0) is 18.3. The maximum absolute atomic E-state index is 4.92. The highest BCUT2D eigenvalue weighted by Gasteiger charge is 2.23. The molecule has 0 aliphatic heterocycles. The molecule has 0 atom stereocenters. The van der Waals surface area contributed by atoms with E-state index < -0.39 is 0 Å². The summed E-state index contributed by atoms with van der Waals surface area (Å²) in [5, 5.41) is 4.92. The topological polar surface area (TPSA) is 17.8 Å². The van der Waals surface area contributed by atoms with E-state index in [9.17, 15) is 0 Å². The van der Waals surface area contributed by atoms with Gasteiger partial charge in [0.25, 0.3) is 0 Å². The third-order valence-electron chi connectivity index (χ3n) is 5.53. The number of aromatic nitrogens is 2. The normalized spacial score (nSPS) is 11.8. The molecule has 1 heterocycles. The molecule has 0 spiro atoms. The summed E-state index contributed by atoms with van der Waals surface area (Å²) in [4.78, 5) is 0. The van der Waals surface area contributed by atoms with E-state index in [0.717, 1.165) is 12.1 Å². The van der Waals surface area contributed by atoms with Gasteiger partial charge in [0.05, 0.1) is 5.69 Å². The molecule has 1 aromatic carbocycles. The van der Waals surface area contributed by atoms with Crippen molar-refractivity contribution in [3.8, 4) is 11.1 Å². The fourth-order valence-electron chi connectivity index (χ4n) is 3.80. The largest absolute Gasteiger partial charge is 0.266 e. The van der Waals surface area contributed by atoms with E-state index in [2.05, 4.69) is 73.9 Å². The van der Waals surface area contributed by atoms with Crippen LogP contribution >= 0.6 is 0 Å². The van der Waals surface area contributed by atoms with Gasteiger partial charge in [-0.15, -0.1) is 0 Å². The zero-order valence-electron chi connectivity index (χ0n) is 17.3. The second kappa shape index (κ2) is 6.74. The minimum atomic E-state index is 0.388. The SMILES string of the molecule is Cc1nn(C(C)C)c(CC(C)C)c1-c1c(C)c(C)c(C)c(C)c1C. The lowest BCUT2D eigenvalue weighted by atomic mass is 9.84. The summed E-state index contributed by atoms with van der Waals surface area (Å²) in [5.74, 6) is 0.616. The maximum Gasteiger partial charge on any atom is 0.0675 e. The summed E-state index contributed by atoms with van der Waals surface area (Å²) in [6.07, 6.45) is 1.07. The van der Waals surface area contributed by atoms with Gasteiger partial charge in [0, 0.05) is 17.3 Å². The molecule has 2 nitrogen and oxygen atoms in total. The number of hydrogen-bond acceptors (Lipinski definition) is 1. The quantitative estimate of drug-likeness (QED) is 0.656. The standard InChI is InChI=1S/C22H34N2/c1-12(2)11-20-22(19(10)23-24(20)13(3)4)21-17(8)15(6)14(5)16(7)18(21)9/h12-13H,11H2,1-10H3. The lowest BCUT2D eigenvalue weighted by Crippen LogP contribution is -2.11. The molecule has 0 aliphatic rings. The highest BCUT2D eigenvalue weighted by atomic mass is 15.3. The van der Waals surface area contributed by atoms with E-state index in [1.165, 1.54) is 44.6 Å². The lowest BCUT2D eigenvalue weighted by Gasteiger charge is -2.21. The molecular formula is C22H34N2. The van der Waals surface area contributed by atoms with Crippen molar-refractivity contribution >= 4 is 0 Å². The van der Waals surface area contributed by atoms with Crippen molar-refractivity contribution in [3.05, 3.63) is 39.2 Å². The van der Waals surface area contributed by atoms with Gasteiger partial charge in [-0.05, 0) is 101 Å². The molecule has 0 radical (unpaired) electrons. The zero-order valence-corrected chi connectivity index (χ0v) is 17.3. The number of hydrogen-bond donors (Lipinski definition) is 0. The van der Waals surface area contributed by atoms with Crippen LogP contribution in [0.5, 0.6) is 0 Å². The number of rotatable bonds is 4. The minimum absolute atomic E-state index is 0.388. The molecule has 0 saturated heterocycles. The van der Waals surface area contributed by atoms with Crippen molar-refractivity contribution in [2.24, 2.45) is 5.92 Å². The summed E-state index contributed by atoms with van der Waals surface area (Å²) in [5.41, 5.74) is 12.4. The highest BCUT2D eigenvalue weighted by Crippen LogP contribution is 2.39. The third kappa shape index (κ3) is 3.03. The van der Waals surface area contributed by atoms with Crippen LogP contribution in [0.15, 0.2) is 0 Å². The van der Waals surface area contributed by atoms with Crippen LogP contribution in [-0.2, 0) is 6.42 Å². The molecule has 0 aliphatic carbocycles. The van der Waals surface area contributed by atoms with E-state index in [0.29, 0.717) is 12.0 Å². The van der Waals surface area contributed by atoms with Gasteiger partial charge in [0.15, 0.2) is 0 Å². The first-order valence-electron chi connectivity index (χ1n) is 9.23. The fourth-order valence-corrected chi connectivity index (χ4v) is 3.80. The molecule has 2 aromatic rings. The van der Waals surface area contributed by atoms with Gasteiger partial charge in [0.2, 0.25) is 0 Å². The lowest BCUT2D eigenvalue weighted by molar-refractivity contribution is 0.487. The van der Waals surface area contributed by atoms with Gasteiger partial charge in [-0.3, -0.25) is 4.68 Å². The van der Waals surface area contributed by atoms with E-state index in [-0.39, 0.29) is 0 Å². The first kappa shape index (κ1) is 18.8. The maximum atomic E-state index is 4.92. The molecule has 1 aromatic heterocycles. The minimum Gasteiger partial charge on any atom is -0.266 e. The Labute approximate surface area is 148 Å². The second-order valence-corrected chi connectivity index (χ2v) is 8.04. The van der Waals surface area contributed by atoms with Gasteiger partial charge in [0.1, 0.15) is 0 Å². The van der Waals surface area contributed by atoms with Crippen LogP contribution in [0.2, 0.25) is 0 Å². The molecule has 132 valence electrons. The third-order valence-corrected chi connectivity index (χ3v) is 5.53. The van der Waals surface area contributed by atoms with Crippen molar-refractivity contribution in [3.63, 3.8) is 0 Å². The van der Waals surface area contributed by atoms with E-state index in [1.54, 1.807) is 0 Å². The van der Waals surface area contributed by atoms with Gasteiger partial charge in [-0.25, -0.2) is 0 Å². The van der Waals surface area contributed by atoms with E-state index in [1.807, 2.05) is 0 Å². The molecular weight excluding hydrogens is 292 g/mol. The first-order chi connectivity index (χ1) is 11.1. The molecule has 2 rings (SSSR count). The Morgan fingerprint density at radius 2 is 1.17 bits per heavy atom. The van der Waals surface area contributed by atoms with Crippen molar-refractivity contribution in [1.82, 2.24) is 9.78 Å². The molecule has 0 amide bonds. The molecule has 2 heteroatoms. The molecule has 0 saturated carbocycles. The summed E-state index contributed by atoms with van der Waals surface area (Å²) >= 11 is 0. The molecule has 0 unspecified atom stereocenters.